The summed E-state index contributed by atoms with van der Waals surface area (Å²) in [6.45, 7) is 11.3. The van der Waals surface area contributed by atoms with Crippen molar-refractivity contribution in [1.82, 2.24) is 31.2 Å². The Labute approximate surface area is 264 Å². The maximum Gasteiger partial charge on any atom is 0.247 e. The minimum atomic E-state index is -0.0532. The van der Waals surface area contributed by atoms with E-state index in [1.807, 2.05) is 11.8 Å². The fourth-order valence-electron chi connectivity index (χ4n) is 4.27. The van der Waals surface area contributed by atoms with Gasteiger partial charge in [-0.1, -0.05) is 57.1 Å². The van der Waals surface area contributed by atoms with Gasteiger partial charge in [0.15, 0.2) is 0 Å². The molecule has 7 rings (SSSR count). The Morgan fingerprint density at radius 3 is 1.00 bits per heavy atom. The van der Waals surface area contributed by atoms with E-state index in [9.17, 15) is 9.59 Å². The maximum atomic E-state index is 10.2. The van der Waals surface area contributed by atoms with Gasteiger partial charge in [0, 0.05) is 62.2 Å². The predicted octanol–water partition coefficient (Wildman–Crippen LogP) is 4.15. The van der Waals surface area contributed by atoms with Crippen molar-refractivity contribution in [3.05, 3.63) is 69.5 Å². The molecule has 10 heteroatoms. The lowest BCUT2D eigenvalue weighted by Gasteiger charge is -2.10. The van der Waals surface area contributed by atoms with Crippen LogP contribution in [-0.2, 0) is 4.74 Å². The quantitative estimate of drug-likeness (QED) is 0.260. The van der Waals surface area contributed by atoms with E-state index in [0.29, 0.717) is 0 Å². The smallest absolute Gasteiger partial charge is 0.247 e. The fraction of sp³-hybridized carbons (Fsp3) is 0.697. The number of aromatic amines is 2. The van der Waals surface area contributed by atoms with Crippen molar-refractivity contribution in [2.45, 2.75) is 70.6 Å². The summed E-state index contributed by atoms with van der Waals surface area (Å²) in [5.41, 5.74) is -0.106. The highest BCUT2D eigenvalue weighted by Gasteiger charge is 1.96. The van der Waals surface area contributed by atoms with Crippen LogP contribution in [0, 0.1) is 0 Å². The Kier molecular flexibility index (Phi) is 29.9. The van der Waals surface area contributed by atoms with Crippen LogP contribution in [0.2, 0.25) is 0 Å². The Hall–Kier alpha value is -1.95. The SMILES string of the molecule is C1CCCCC1.C1CCNC1.C1CCNCC1.C1COCCN1.C1CSCCN1.O=c1cccc[nH]1.O=c1cccc[nH]1. The predicted molar refractivity (Wildman–Crippen MR) is 185 cm³/mol. The number of pyridine rings is 2. The number of morpholine rings is 1. The summed E-state index contributed by atoms with van der Waals surface area (Å²) in [5.74, 6) is 2.61. The average Bonchev–Trinajstić information content (AvgIpc) is 3.71. The molecule has 43 heavy (non-hydrogen) atoms. The summed E-state index contributed by atoms with van der Waals surface area (Å²) in [6.07, 6.45) is 19.2. The monoisotopic (exact) mass is 620 g/mol. The summed E-state index contributed by atoms with van der Waals surface area (Å²) in [7, 11) is 0. The van der Waals surface area contributed by atoms with Crippen molar-refractivity contribution in [2.24, 2.45) is 0 Å². The molecule has 2 aromatic heterocycles. The first kappa shape index (κ1) is 39.1. The molecule has 0 radical (unpaired) electrons. The molecular weight excluding hydrogens is 560 g/mol. The van der Waals surface area contributed by atoms with Crippen LogP contribution in [0.4, 0.5) is 0 Å². The topological polar surface area (TPSA) is 123 Å². The van der Waals surface area contributed by atoms with Crippen LogP contribution < -0.4 is 32.4 Å². The Bertz CT molecular complexity index is 727. The molecule has 6 heterocycles. The number of H-pyrrole nitrogens is 2. The molecule has 0 bridgehead atoms. The highest BCUT2D eigenvalue weighted by Crippen LogP contribution is 2.15. The van der Waals surface area contributed by atoms with Gasteiger partial charge in [0.05, 0.1) is 13.2 Å². The van der Waals surface area contributed by atoms with Crippen molar-refractivity contribution >= 4 is 11.8 Å². The molecule has 0 unspecified atom stereocenters. The molecule has 5 aliphatic rings. The van der Waals surface area contributed by atoms with Gasteiger partial charge < -0.3 is 36.0 Å². The van der Waals surface area contributed by atoms with E-state index >= 15 is 0 Å². The number of thioether (sulfide) groups is 1. The molecule has 0 spiro atoms. The van der Waals surface area contributed by atoms with Gasteiger partial charge in [0.25, 0.3) is 0 Å². The van der Waals surface area contributed by atoms with E-state index in [0.717, 1.165) is 26.3 Å². The molecule has 4 aliphatic heterocycles. The first-order valence-electron chi connectivity index (χ1n) is 16.5. The Balaban J connectivity index is 0.000000251. The normalized spacial score (nSPS) is 19.0. The van der Waals surface area contributed by atoms with Crippen molar-refractivity contribution in [2.75, 3.05) is 77.1 Å². The first-order chi connectivity index (χ1) is 21.3. The van der Waals surface area contributed by atoms with Gasteiger partial charge in [-0.2, -0.15) is 11.8 Å². The summed E-state index contributed by atoms with van der Waals surface area (Å²) in [5, 5.41) is 12.9. The number of aromatic nitrogens is 2. The zero-order valence-corrected chi connectivity index (χ0v) is 27.3. The largest absolute Gasteiger partial charge is 0.379 e. The minimum Gasteiger partial charge on any atom is -0.379 e. The highest BCUT2D eigenvalue weighted by atomic mass is 32.2. The van der Waals surface area contributed by atoms with Gasteiger partial charge in [-0.3, -0.25) is 9.59 Å². The van der Waals surface area contributed by atoms with Crippen LogP contribution in [0.3, 0.4) is 0 Å². The molecule has 4 saturated heterocycles. The first-order valence-corrected chi connectivity index (χ1v) is 17.7. The van der Waals surface area contributed by atoms with Crippen LogP contribution in [-0.4, -0.2) is 87.0 Å². The van der Waals surface area contributed by atoms with Crippen LogP contribution in [0.25, 0.3) is 0 Å². The van der Waals surface area contributed by atoms with Gasteiger partial charge >= 0.3 is 0 Å². The van der Waals surface area contributed by atoms with Gasteiger partial charge in [0.1, 0.15) is 0 Å². The zero-order valence-electron chi connectivity index (χ0n) is 26.5. The van der Waals surface area contributed by atoms with Crippen molar-refractivity contribution in [1.29, 1.82) is 0 Å². The molecule has 0 aromatic carbocycles. The Morgan fingerprint density at radius 1 is 0.465 bits per heavy atom. The molecule has 0 atom stereocenters. The van der Waals surface area contributed by atoms with Gasteiger partial charge in [0.2, 0.25) is 11.1 Å². The molecule has 9 nitrogen and oxygen atoms in total. The van der Waals surface area contributed by atoms with Crippen LogP contribution in [0.15, 0.2) is 58.4 Å². The van der Waals surface area contributed by atoms with Crippen LogP contribution in [0.5, 0.6) is 0 Å². The molecule has 0 amide bonds. The van der Waals surface area contributed by atoms with Gasteiger partial charge in [-0.15, -0.1) is 0 Å². The van der Waals surface area contributed by atoms with Crippen molar-refractivity contribution < 1.29 is 4.74 Å². The van der Waals surface area contributed by atoms with Crippen molar-refractivity contribution in [3.63, 3.8) is 0 Å². The zero-order chi connectivity index (χ0) is 30.7. The second-order valence-corrected chi connectivity index (χ2v) is 11.8. The minimum absolute atomic E-state index is 0.0532. The van der Waals surface area contributed by atoms with Gasteiger partial charge in [-0.25, -0.2) is 0 Å². The summed E-state index contributed by atoms with van der Waals surface area (Å²) in [6, 6.07) is 9.86. The molecule has 6 N–H and O–H groups in total. The molecule has 246 valence electrons. The second kappa shape index (κ2) is 33.0. The summed E-state index contributed by atoms with van der Waals surface area (Å²) in [4.78, 5) is 25.4. The maximum absolute atomic E-state index is 10.2. The second-order valence-electron chi connectivity index (χ2n) is 10.6. The van der Waals surface area contributed by atoms with E-state index in [2.05, 4.69) is 31.2 Å². The molecule has 1 saturated carbocycles. The number of nitrogens with one attached hydrogen (secondary N) is 6. The van der Waals surface area contributed by atoms with Gasteiger partial charge in [-0.05, 0) is 64.0 Å². The molecular formula is C33H60N6O3S. The standard InChI is InChI=1S/C6H12.2C5H5NO.C5H11N.C4H9NO.C4H9NS.C4H9N/c1-2-4-6-5-3-1;2*7-5-3-1-2-4-6-5;1-2-4-6-5-3-1;2*1-3-6-4-2-5-1;1-2-4-5-3-1/h1-6H2;2*1-4H,(H,6,7);6H,1-5H2;2*5H,1-4H2;5H,1-4H2. The highest BCUT2D eigenvalue weighted by molar-refractivity contribution is 7.99. The van der Waals surface area contributed by atoms with E-state index < -0.39 is 0 Å². The van der Waals surface area contributed by atoms with E-state index in [1.54, 1.807) is 36.7 Å². The van der Waals surface area contributed by atoms with Crippen LogP contribution >= 0.6 is 11.8 Å². The summed E-state index contributed by atoms with van der Waals surface area (Å²) < 4.78 is 5.01. The average molecular weight is 621 g/mol. The molecule has 1 aliphatic carbocycles. The summed E-state index contributed by atoms with van der Waals surface area (Å²) >= 11 is 2.03. The lowest BCUT2D eigenvalue weighted by Crippen LogP contribution is -2.30. The third-order valence-corrected chi connectivity index (χ3v) is 7.70. The van der Waals surface area contributed by atoms with E-state index in [1.165, 1.54) is 134 Å². The lowest BCUT2D eigenvalue weighted by molar-refractivity contribution is 0.109. The Morgan fingerprint density at radius 2 is 0.837 bits per heavy atom. The van der Waals surface area contributed by atoms with E-state index in [4.69, 9.17) is 4.74 Å². The van der Waals surface area contributed by atoms with Crippen molar-refractivity contribution in [3.8, 4) is 0 Å². The lowest BCUT2D eigenvalue weighted by atomic mass is 10.0. The number of piperidine rings is 1. The third kappa shape index (κ3) is 31.3. The number of hydrogen-bond donors (Lipinski definition) is 6. The third-order valence-electron chi connectivity index (χ3n) is 6.72. The fourth-order valence-corrected chi connectivity index (χ4v) is 5.05. The van der Waals surface area contributed by atoms with E-state index in [-0.39, 0.29) is 11.1 Å². The molecule has 2 aromatic rings. The number of rotatable bonds is 0. The number of ether oxygens (including phenoxy) is 1. The number of hydrogen-bond acceptors (Lipinski definition) is 8. The van der Waals surface area contributed by atoms with Crippen LogP contribution in [0.1, 0.15) is 70.6 Å². The molecule has 5 fully saturated rings.